The van der Waals surface area contributed by atoms with Gasteiger partial charge in [-0.05, 0) is 18.6 Å². The van der Waals surface area contributed by atoms with Crippen molar-refractivity contribution in [3.8, 4) is 0 Å². The first-order valence-electron chi connectivity index (χ1n) is 6.59. The summed E-state index contributed by atoms with van der Waals surface area (Å²) in [7, 11) is 0. The van der Waals surface area contributed by atoms with Crippen molar-refractivity contribution in [3.63, 3.8) is 0 Å². The Labute approximate surface area is 119 Å². The second-order valence-electron chi connectivity index (χ2n) is 5.80. The lowest BCUT2D eigenvalue weighted by atomic mass is 9.96. The Bertz CT molecular complexity index is 601. The summed E-state index contributed by atoms with van der Waals surface area (Å²) in [6, 6.07) is 9.86. The molecule has 5 heteroatoms. The highest BCUT2D eigenvalue weighted by Gasteiger charge is 2.19. The summed E-state index contributed by atoms with van der Waals surface area (Å²) < 4.78 is 0. The molecule has 0 atom stereocenters. The van der Waals surface area contributed by atoms with Crippen LogP contribution < -0.4 is 16.6 Å². The maximum absolute atomic E-state index is 5.49. The van der Waals surface area contributed by atoms with E-state index in [0.29, 0.717) is 5.82 Å². The van der Waals surface area contributed by atoms with Crippen LogP contribution in [0, 0.1) is 6.92 Å². The third-order valence-electron chi connectivity index (χ3n) is 2.95. The fraction of sp³-hybridized carbons (Fsp3) is 0.333. The highest BCUT2D eigenvalue weighted by Crippen LogP contribution is 2.24. The Morgan fingerprint density at radius 3 is 2.30 bits per heavy atom. The minimum atomic E-state index is -0.144. The number of aryl methyl sites for hydroxylation is 1. The average molecular weight is 271 g/mol. The number of hydrogen-bond acceptors (Lipinski definition) is 5. The summed E-state index contributed by atoms with van der Waals surface area (Å²) in [4.78, 5) is 8.97. The summed E-state index contributed by atoms with van der Waals surface area (Å²) in [5.74, 6) is 7.55. The number of hydrogen-bond donors (Lipinski definition) is 3. The minimum Gasteiger partial charge on any atom is -0.340 e. The third-order valence-corrected chi connectivity index (χ3v) is 2.95. The zero-order valence-corrected chi connectivity index (χ0v) is 12.4. The molecule has 0 aliphatic heterocycles. The number of nitrogen functional groups attached to an aromatic ring is 1. The number of anilines is 3. The van der Waals surface area contributed by atoms with E-state index in [4.69, 9.17) is 5.84 Å². The summed E-state index contributed by atoms with van der Waals surface area (Å²) in [5.41, 5.74) is 4.63. The van der Waals surface area contributed by atoms with E-state index in [0.717, 1.165) is 22.9 Å². The number of rotatable bonds is 3. The second kappa shape index (κ2) is 5.46. The zero-order chi connectivity index (χ0) is 14.8. The van der Waals surface area contributed by atoms with Crippen LogP contribution in [0.15, 0.2) is 30.3 Å². The fourth-order valence-electron chi connectivity index (χ4n) is 1.77. The predicted molar refractivity (Wildman–Crippen MR) is 83.0 cm³/mol. The van der Waals surface area contributed by atoms with Crippen LogP contribution in [0.3, 0.4) is 0 Å². The predicted octanol–water partition coefficient (Wildman–Crippen LogP) is 3.11. The molecule has 2 rings (SSSR count). The van der Waals surface area contributed by atoms with Crippen LogP contribution in [0.5, 0.6) is 0 Å². The maximum atomic E-state index is 5.49. The third kappa shape index (κ3) is 3.24. The summed E-state index contributed by atoms with van der Waals surface area (Å²) >= 11 is 0. The quantitative estimate of drug-likeness (QED) is 0.590. The van der Waals surface area contributed by atoms with Crippen molar-refractivity contribution in [2.24, 2.45) is 5.84 Å². The van der Waals surface area contributed by atoms with E-state index in [-0.39, 0.29) is 5.41 Å². The number of hydrazine groups is 1. The summed E-state index contributed by atoms with van der Waals surface area (Å²) in [6.45, 7) is 8.26. The van der Waals surface area contributed by atoms with Crippen LogP contribution in [0.25, 0.3) is 0 Å². The van der Waals surface area contributed by atoms with Gasteiger partial charge in [-0.2, -0.15) is 0 Å². The van der Waals surface area contributed by atoms with Gasteiger partial charge < -0.3 is 10.7 Å². The number of nitrogens with two attached hydrogens (primary N) is 1. The molecule has 4 N–H and O–H groups in total. The normalized spacial score (nSPS) is 11.2. The summed E-state index contributed by atoms with van der Waals surface area (Å²) in [5, 5.41) is 3.31. The molecule has 0 saturated heterocycles. The Hall–Kier alpha value is -2.14. The second-order valence-corrected chi connectivity index (χ2v) is 5.80. The average Bonchev–Trinajstić information content (AvgIpc) is 2.40. The molecule has 0 radical (unpaired) electrons. The molecule has 1 heterocycles. The number of para-hydroxylation sites is 1. The van der Waals surface area contributed by atoms with E-state index in [1.807, 2.05) is 18.2 Å². The Kier molecular flexibility index (Phi) is 3.90. The SMILES string of the molecule is Cc1ccccc1Nc1cc(NN)nc(C(C)(C)C)n1. The van der Waals surface area contributed by atoms with Gasteiger partial charge >= 0.3 is 0 Å². The lowest BCUT2D eigenvalue weighted by Crippen LogP contribution is -2.19. The van der Waals surface area contributed by atoms with E-state index < -0.39 is 0 Å². The van der Waals surface area contributed by atoms with E-state index in [9.17, 15) is 0 Å². The van der Waals surface area contributed by atoms with E-state index in [2.05, 4.69) is 54.5 Å². The van der Waals surface area contributed by atoms with Crippen molar-refractivity contribution < 1.29 is 0 Å². The van der Waals surface area contributed by atoms with Gasteiger partial charge in [-0.3, -0.25) is 0 Å². The molecule has 0 saturated carbocycles. The molecule has 1 aromatic heterocycles. The lowest BCUT2D eigenvalue weighted by Gasteiger charge is -2.19. The van der Waals surface area contributed by atoms with Crippen LogP contribution in [0.2, 0.25) is 0 Å². The molecular weight excluding hydrogens is 250 g/mol. The number of nitrogens with one attached hydrogen (secondary N) is 2. The molecule has 0 bridgehead atoms. The molecule has 0 aliphatic rings. The van der Waals surface area contributed by atoms with Crippen LogP contribution in [0.1, 0.15) is 32.2 Å². The standard InChI is InChI=1S/C15H21N5/c1-10-7-5-6-8-11(10)17-12-9-13(20-16)19-14(18-12)15(2,3)4/h5-9H,16H2,1-4H3,(H2,17,18,19,20). The topological polar surface area (TPSA) is 75.9 Å². The van der Waals surface area contributed by atoms with Gasteiger partial charge in [0, 0.05) is 17.2 Å². The number of nitrogens with zero attached hydrogens (tertiary/aromatic N) is 2. The molecule has 0 fully saturated rings. The minimum absolute atomic E-state index is 0.144. The Morgan fingerprint density at radius 1 is 1.05 bits per heavy atom. The molecule has 106 valence electrons. The van der Waals surface area contributed by atoms with Crippen molar-refractivity contribution in [2.45, 2.75) is 33.1 Å². The van der Waals surface area contributed by atoms with E-state index >= 15 is 0 Å². The summed E-state index contributed by atoms with van der Waals surface area (Å²) in [6.07, 6.45) is 0. The molecular formula is C15H21N5. The van der Waals surface area contributed by atoms with Crippen molar-refractivity contribution in [3.05, 3.63) is 41.7 Å². The molecule has 2 aromatic rings. The van der Waals surface area contributed by atoms with Crippen molar-refractivity contribution in [1.82, 2.24) is 9.97 Å². The van der Waals surface area contributed by atoms with Gasteiger partial charge in [-0.1, -0.05) is 39.0 Å². The van der Waals surface area contributed by atoms with Gasteiger partial charge in [-0.15, -0.1) is 0 Å². The first-order chi connectivity index (χ1) is 9.40. The Morgan fingerprint density at radius 2 is 1.70 bits per heavy atom. The lowest BCUT2D eigenvalue weighted by molar-refractivity contribution is 0.547. The van der Waals surface area contributed by atoms with Gasteiger partial charge in [-0.25, -0.2) is 15.8 Å². The number of aromatic nitrogens is 2. The van der Waals surface area contributed by atoms with Gasteiger partial charge in [0.2, 0.25) is 0 Å². The monoisotopic (exact) mass is 271 g/mol. The van der Waals surface area contributed by atoms with Gasteiger partial charge in [0.05, 0.1) is 0 Å². The van der Waals surface area contributed by atoms with Crippen molar-refractivity contribution in [1.29, 1.82) is 0 Å². The Balaban J connectivity index is 2.39. The first-order valence-corrected chi connectivity index (χ1v) is 6.59. The molecule has 1 aromatic carbocycles. The van der Waals surface area contributed by atoms with Crippen LogP contribution in [-0.2, 0) is 5.41 Å². The van der Waals surface area contributed by atoms with Crippen LogP contribution >= 0.6 is 0 Å². The van der Waals surface area contributed by atoms with Gasteiger partial charge in [0.1, 0.15) is 17.5 Å². The zero-order valence-electron chi connectivity index (χ0n) is 12.4. The van der Waals surface area contributed by atoms with Gasteiger partial charge in [0.15, 0.2) is 0 Å². The number of benzene rings is 1. The van der Waals surface area contributed by atoms with E-state index in [1.165, 1.54) is 0 Å². The first kappa shape index (κ1) is 14.3. The van der Waals surface area contributed by atoms with Crippen LogP contribution in [0.4, 0.5) is 17.3 Å². The largest absolute Gasteiger partial charge is 0.340 e. The molecule has 0 unspecified atom stereocenters. The highest BCUT2D eigenvalue weighted by atomic mass is 15.3. The molecule has 0 amide bonds. The van der Waals surface area contributed by atoms with E-state index in [1.54, 1.807) is 6.07 Å². The fourth-order valence-corrected chi connectivity index (χ4v) is 1.77. The maximum Gasteiger partial charge on any atom is 0.145 e. The molecule has 0 spiro atoms. The molecule has 5 nitrogen and oxygen atoms in total. The van der Waals surface area contributed by atoms with Crippen LogP contribution in [-0.4, -0.2) is 9.97 Å². The molecule has 20 heavy (non-hydrogen) atoms. The molecule has 0 aliphatic carbocycles. The van der Waals surface area contributed by atoms with Crippen molar-refractivity contribution in [2.75, 3.05) is 10.7 Å². The highest BCUT2D eigenvalue weighted by molar-refractivity contribution is 5.62. The van der Waals surface area contributed by atoms with Gasteiger partial charge in [0.25, 0.3) is 0 Å². The van der Waals surface area contributed by atoms with Crippen molar-refractivity contribution >= 4 is 17.3 Å². The smallest absolute Gasteiger partial charge is 0.145 e.